The van der Waals surface area contributed by atoms with E-state index in [-0.39, 0.29) is 11.7 Å². The number of amides is 1. The first-order chi connectivity index (χ1) is 9.10. The second kappa shape index (κ2) is 6.06. The largest absolute Gasteiger partial charge is 0.508 e. The quantitative estimate of drug-likeness (QED) is 0.858. The lowest BCUT2D eigenvalue weighted by atomic mass is 9.80. The molecule has 1 saturated carbocycles. The maximum Gasteiger partial charge on any atom is 0.224 e. The van der Waals surface area contributed by atoms with Crippen molar-refractivity contribution < 1.29 is 14.6 Å². The topological polar surface area (TPSA) is 58.6 Å². The van der Waals surface area contributed by atoms with Crippen molar-refractivity contribution in [2.24, 2.45) is 5.92 Å². The van der Waals surface area contributed by atoms with Crippen LogP contribution in [0.5, 0.6) is 5.75 Å². The molecule has 1 aliphatic rings. The van der Waals surface area contributed by atoms with E-state index in [1.807, 2.05) is 6.92 Å². The summed E-state index contributed by atoms with van der Waals surface area (Å²) in [6.45, 7) is 4.52. The molecule has 1 amide bonds. The van der Waals surface area contributed by atoms with E-state index < -0.39 is 0 Å². The highest BCUT2D eigenvalue weighted by Crippen LogP contribution is 2.33. The third-order valence-electron chi connectivity index (χ3n) is 3.65. The van der Waals surface area contributed by atoms with Gasteiger partial charge in [0, 0.05) is 24.3 Å². The molecule has 0 saturated heterocycles. The van der Waals surface area contributed by atoms with E-state index >= 15 is 0 Å². The van der Waals surface area contributed by atoms with Crippen LogP contribution in [-0.2, 0) is 9.53 Å². The van der Waals surface area contributed by atoms with Crippen LogP contribution >= 0.6 is 0 Å². The van der Waals surface area contributed by atoms with E-state index in [4.69, 9.17) is 4.74 Å². The van der Waals surface area contributed by atoms with Crippen molar-refractivity contribution in [3.05, 3.63) is 23.8 Å². The summed E-state index contributed by atoms with van der Waals surface area (Å²) in [6.07, 6.45) is 2.81. The number of benzene rings is 1. The Morgan fingerprint density at radius 1 is 1.47 bits per heavy atom. The first-order valence-electron chi connectivity index (χ1n) is 6.80. The van der Waals surface area contributed by atoms with Crippen LogP contribution in [0.15, 0.2) is 18.2 Å². The summed E-state index contributed by atoms with van der Waals surface area (Å²) in [6, 6.07) is 5.15. The molecule has 1 fully saturated rings. The van der Waals surface area contributed by atoms with Crippen LogP contribution in [0.2, 0.25) is 0 Å². The van der Waals surface area contributed by atoms with Crippen LogP contribution in [0.1, 0.15) is 31.7 Å². The average Bonchev–Trinajstić information content (AvgIpc) is 2.32. The monoisotopic (exact) mass is 263 g/mol. The number of nitrogens with one attached hydrogen (secondary N) is 1. The van der Waals surface area contributed by atoms with Crippen molar-refractivity contribution in [2.45, 2.75) is 39.2 Å². The van der Waals surface area contributed by atoms with Crippen LogP contribution in [0, 0.1) is 12.8 Å². The third-order valence-corrected chi connectivity index (χ3v) is 3.65. The fourth-order valence-corrected chi connectivity index (χ4v) is 2.44. The van der Waals surface area contributed by atoms with Crippen molar-refractivity contribution in [3.63, 3.8) is 0 Å². The Bertz CT molecular complexity index is 453. The van der Waals surface area contributed by atoms with E-state index in [1.54, 1.807) is 25.1 Å². The maximum absolute atomic E-state index is 11.9. The minimum atomic E-state index is 0.00801. The lowest BCUT2D eigenvalue weighted by Crippen LogP contribution is -2.33. The summed E-state index contributed by atoms with van der Waals surface area (Å²) < 4.78 is 5.48. The molecule has 0 bridgehead atoms. The number of rotatable bonds is 5. The van der Waals surface area contributed by atoms with Gasteiger partial charge >= 0.3 is 0 Å². The Labute approximate surface area is 113 Å². The number of aromatic hydroxyl groups is 1. The number of anilines is 1. The van der Waals surface area contributed by atoms with Gasteiger partial charge in [0.15, 0.2) is 0 Å². The Kier molecular flexibility index (Phi) is 4.43. The molecule has 2 N–H and O–H groups in total. The van der Waals surface area contributed by atoms with Crippen molar-refractivity contribution in [2.75, 3.05) is 11.9 Å². The summed E-state index contributed by atoms with van der Waals surface area (Å²) in [5, 5.41) is 12.4. The van der Waals surface area contributed by atoms with Gasteiger partial charge in [0.25, 0.3) is 0 Å². The molecule has 0 heterocycles. The Morgan fingerprint density at radius 2 is 2.21 bits per heavy atom. The second-order valence-electron chi connectivity index (χ2n) is 5.12. The zero-order valence-electron chi connectivity index (χ0n) is 11.5. The predicted molar refractivity (Wildman–Crippen MR) is 74.2 cm³/mol. The second-order valence-corrected chi connectivity index (χ2v) is 5.12. The smallest absolute Gasteiger partial charge is 0.224 e. The van der Waals surface area contributed by atoms with Crippen molar-refractivity contribution in [1.29, 1.82) is 0 Å². The first kappa shape index (κ1) is 13.9. The highest BCUT2D eigenvalue weighted by molar-refractivity contribution is 5.92. The van der Waals surface area contributed by atoms with E-state index in [1.165, 1.54) is 0 Å². The molecule has 104 valence electrons. The van der Waals surface area contributed by atoms with E-state index in [2.05, 4.69) is 5.32 Å². The molecule has 1 aromatic carbocycles. The zero-order chi connectivity index (χ0) is 13.8. The van der Waals surface area contributed by atoms with Gasteiger partial charge < -0.3 is 15.2 Å². The molecule has 1 aromatic rings. The zero-order valence-corrected chi connectivity index (χ0v) is 11.5. The number of ether oxygens (including phenoxy) is 1. The molecule has 0 spiro atoms. The molecular weight excluding hydrogens is 242 g/mol. The molecular formula is C15H21NO3. The minimum Gasteiger partial charge on any atom is -0.508 e. The molecule has 0 radical (unpaired) electrons. The number of hydrogen-bond donors (Lipinski definition) is 2. The number of carbonyl (C=O) groups is 1. The van der Waals surface area contributed by atoms with E-state index in [9.17, 15) is 9.90 Å². The molecule has 2 rings (SSSR count). The molecule has 0 aromatic heterocycles. The van der Waals surface area contributed by atoms with Crippen molar-refractivity contribution in [1.82, 2.24) is 0 Å². The van der Waals surface area contributed by atoms with E-state index in [0.717, 1.165) is 19.4 Å². The molecule has 1 aliphatic carbocycles. The average molecular weight is 263 g/mol. The maximum atomic E-state index is 11.9. The van der Waals surface area contributed by atoms with Gasteiger partial charge in [0.05, 0.1) is 6.10 Å². The number of hydrogen-bond acceptors (Lipinski definition) is 3. The van der Waals surface area contributed by atoms with Crippen LogP contribution < -0.4 is 5.32 Å². The summed E-state index contributed by atoms with van der Waals surface area (Å²) in [4.78, 5) is 11.9. The van der Waals surface area contributed by atoms with Gasteiger partial charge in [-0.15, -0.1) is 0 Å². The van der Waals surface area contributed by atoms with Crippen LogP contribution in [-0.4, -0.2) is 23.7 Å². The Morgan fingerprint density at radius 3 is 2.89 bits per heavy atom. The van der Waals surface area contributed by atoms with Gasteiger partial charge in [-0.3, -0.25) is 4.79 Å². The van der Waals surface area contributed by atoms with Gasteiger partial charge in [-0.25, -0.2) is 0 Å². The van der Waals surface area contributed by atoms with E-state index in [0.29, 0.717) is 29.7 Å². The number of phenolic OH excluding ortho intramolecular Hbond substituents is 1. The molecule has 0 atom stereocenters. The molecule has 0 aliphatic heterocycles. The minimum absolute atomic E-state index is 0.00801. The molecule has 19 heavy (non-hydrogen) atoms. The summed E-state index contributed by atoms with van der Waals surface area (Å²) in [5.41, 5.74) is 1.39. The number of carbonyl (C=O) groups excluding carboxylic acids is 1. The van der Waals surface area contributed by atoms with Gasteiger partial charge in [-0.05, 0) is 44.7 Å². The predicted octanol–water partition coefficient (Wildman–Crippen LogP) is 2.84. The van der Waals surface area contributed by atoms with Gasteiger partial charge in [-0.1, -0.05) is 6.07 Å². The lowest BCUT2D eigenvalue weighted by Gasteiger charge is -2.34. The third kappa shape index (κ3) is 3.47. The standard InChI is InChI=1S/C15H21NO3/c1-3-19-12-7-11(8-12)9-15(18)16-13-5-4-6-14(17)10(13)2/h4-6,11-12,17H,3,7-9H2,1-2H3,(H,16,18). The highest BCUT2D eigenvalue weighted by atomic mass is 16.5. The molecule has 4 heteroatoms. The van der Waals surface area contributed by atoms with Crippen LogP contribution in [0.4, 0.5) is 5.69 Å². The molecule has 0 unspecified atom stereocenters. The summed E-state index contributed by atoms with van der Waals surface area (Å²) in [7, 11) is 0. The van der Waals surface area contributed by atoms with Crippen molar-refractivity contribution in [3.8, 4) is 5.75 Å². The Hall–Kier alpha value is -1.55. The van der Waals surface area contributed by atoms with Gasteiger partial charge in [0.1, 0.15) is 5.75 Å². The fraction of sp³-hybridized carbons (Fsp3) is 0.533. The Balaban J connectivity index is 1.81. The van der Waals surface area contributed by atoms with Crippen LogP contribution in [0.3, 0.4) is 0 Å². The van der Waals surface area contributed by atoms with Crippen molar-refractivity contribution >= 4 is 11.6 Å². The normalized spacial score (nSPS) is 21.8. The fourth-order valence-electron chi connectivity index (χ4n) is 2.44. The summed E-state index contributed by atoms with van der Waals surface area (Å²) in [5.74, 6) is 0.640. The SMILES string of the molecule is CCOC1CC(CC(=O)Nc2cccc(O)c2C)C1. The highest BCUT2D eigenvalue weighted by Gasteiger charge is 2.31. The van der Waals surface area contributed by atoms with Crippen LogP contribution in [0.25, 0.3) is 0 Å². The van der Waals surface area contributed by atoms with Gasteiger partial charge in [-0.2, -0.15) is 0 Å². The number of phenols is 1. The lowest BCUT2D eigenvalue weighted by molar-refractivity contribution is -0.119. The summed E-state index contributed by atoms with van der Waals surface area (Å²) >= 11 is 0. The first-order valence-corrected chi connectivity index (χ1v) is 6.80. The molecule has 4 nitrogen and oxygen atoms in total. The van der Waals surface area contributed by atoms with Gasteiger partial charge in [0.2, 0.25) is 5.91 Å².